The molecule has 1 atom stereocenters. The van der Waals surface area contributed by atoms with E-state index in [1.54, 1.807) is 29.3 Å². The van der Waals surface area contributed by atoms with Crippen LogP contribution in [0.4, 0.5) is 4.79 Å². The first-order valence-electron chi connectivity index (χ1n) is 8.11. The Morgan fingerprint density at radius 1 is 1.46 bits per heavy atom. The van der Waals surface area contributed by atoms with Gasteiger partial charge in [-0.1, -0.05) is 29.2 Å². The number of carbonyl (C=O) groups is 1. The van der Waals surface area contributed by atoms with Gasteiger partial charge in [0.25, 0.3) is 0 Å². The van der Waals surface area contributed by atoms with Gasteiger partial charge in [-0.05, 0) is 37.8 Å². The van der Waals surface area contributed by atoms with Gasteiger partial charge in [-0.15, -0.1) is 10.2 Å². The summed E-state index contributed by atoms with van der Waals surface area (Å²) in [4.78, 5) is 18.7. The zero-order valence-electron chi connectivity index (χ0n) is 13.6. The van der Waals surface area contributed by atoms with Crippen molar-refractivity contribution < 1.29 is 4.79 Å². The number of hydrogen-bond donors (Lipinski definition) is 1. The number of pyridine rings is 1. The number of piperidine rings is 1. The number of amides is 2. The normalized spacial score (nSPS) is 17.7. The van der Waals surface area contributed by atoms with Crippen molar-refractivity contribution in [1.82, 2.24) is 25.4 Å². The number of nitrogens with zero attached hydrogens (tertiary/aromatic N) is 4. The molecule has 1 aliphatic rings. The van der Waals surface area contributed by atoms with Crippen LogP contribution in [0.5, 0.6) is 0 Å². The molecule has 2 aromatic heterocycles. The van der Waals surface area contributed by atoms with Crippen molar-refractivity contribution in [3.63, 3.8) is 0 Å². The monoisotopic (exact) mass is 363 g/mol. The second kappa shape index (κ2) is 8.43. The fraction of sp³-hybridized carbons (Fsp3) is 0.500. The van der Waals surface area contributed by atoms with Crippen LogP contribution in [-0.2, 0) is 0 Å². The molecule has 0 spiro atoms. The first-order valence-corrected chi connectivity index (χ1v) is 9.91. The van der Waals surface area contributed by atoms with E-state index in [0.717, 1.165) is 46.5 Å². The SMILES string of the molecule is Cc1nnc(SCCNC(=O)N2CCCC[C@H]2c2cccnc2)s1. The molecule has 24 heavy (non-hydrogen) atoms. The fourth-order valence-electron chi connectivity index (χ4n) is 2.83. The Morgan fingerprint density at radius 3 is 3.12 bits per heavy atom. The number of aryl methyl sites for hydroxylation is 1. The zero-order chi connectivity index (χ0) is 16.8. The zero-order valence-corrected chi connectivity index (χ0v) is 15.3. The van der Waals surface area contributed by atoms with E-state index < -0.39 is 0 Å². The van der Waals surface area contributed by atoms with E-state index >= 15 is 0 Å². The van der Waals surface area contributed by atoms with Crippen molar-refractivity contribution in [2.24, 2.45) is 0 Å². The number of urea groups is 1. The van der Waals surface area contributed by atoms with Crippen molar-refractivity contribution in [3.8, 4) is 0 Å². The maximum absolute atomic E-state index is 12.6. The van der Waals surface area contributed by atoms with Crippen molar-refractivity contribution in [3.05, 3.63) is 35.1 Å². The molecule has 8 heteroatoms. The quantitative estimate of drug-likeness (QED) is 0.652. The minimum atomic E-state index is 0.0117. The first kappa shape index (κ1) is 17.2. The molecule has 3 heterocycles. The van der Waals surface area contributed by atoms with Gasteiger partial charge >= 0.3 is 6.03 Å². The van der Waals surface area contributed by atoms with Crippen LogP contribution < -0.4 is 5.32 Å². The lowest BCUT2D eigenvalue weighted by Gasteiger charge is -2.35. The Balaban J connectivity index is 1.51. The van der Waals surface area contributed by atoms with Crippen molar-refractivity contribution in [2.75, 3.05) is 18.8 Å². The van der Waals surface area contributed by atoms with Gasteiger partial charge in [0.05, 0.1) is 6.04 Å². The molecule has 2 aromatic rings. The minimum absolute atomic E-state index is 0.0117. The average Bonchev–Trinajstić information content (AvgIpc) is 3.04. The minimum Gasteiger partial charge on any atom is -0.337 e. The van der Waals surface area contributed by atoms with Gasteiger partial charge in [0.2, 0.25) is 0 Å². The van der Waals surface area contributed by atoms with Crippen LogP contribution in [0.3, 0.4) is 0 Å². The van der Waals surface area contributed by atoms with E-state index in [-0.39, 0.29) is 12.1 Å². The van der Waals surface area contributed by atoms with Crippen LogP contribution in [0.15, 0.2) is 28.9 Å². The molecule has 1 saturated heterocycles. The molecular formula is C16H21N5OS2. The summed E-state index contributed by atoms with van der Waals surface area (Å²) in [5, 5.41) is 12.1. The molecule has 128 valence electrons. The highest BCUT2D eigenvalue weighted by Gasteiger charge is 2.27. The third-order valence-electron chi connectivity index (χ3n) is 3.94. The van der Waals surface area contributed by atoms with Crippen LogP contribution in [-0.4, -0.2) is 45.0 Å². The second-order valence-corrected chi connectivity index (χ2v) is 8.18. The third kappa shape index (κ3) is 4.45. The smallest absolute Gasteiger partial charge is 0.317 e. The van der Waals surface area contributed by atoms with Crippen LogP contribution in [0, 0.1) is 6.92 Å². The molecule has 0 saturated carbocycles. The summed E-state index contributed by atoms with van der Waals surface area (Å²) in [6.45, 7) is 3.37. The standard InChI is InChI=1S/C16H21N5OS2/c1-12-19-20-16(24-12)23-10-8-18-15(22)21-9-3-2-6-14(21)13-5-4-7-17-11-13/h4-5,7,11,14H,2-3,6,8-10H2,1H3,(H,18,22)/t14-/m0/s1. The maximum Gasteiger partial charge on any atom is 0.317 e. The Hall–Kier alpha value is -1.67. The molecular weight excluding hydrogens is 342 g/mol. The van der Waals surface area contributed by atoms with Gasteiger partial charge in [0.1, 0.15) is 5.01 Å². The van der Waals surface area contributed by atoms with E-state index in [1.807, 2.05) is 24.1 Å². The van der Waals surface area contributed by atoms with Crippen LogP contribution in [0.25, 0.3) is 0 Å². The molecule has 0 bridgehead atoms. The number of carbonyl (C=O) groups excluding carboxylic acids is 1. The summed E-state index contributed by atoms with van der Waals surface area (Å²) in [5.74, 6) is 0.797. The number of hydrogen-bond acceptors (Lipinski definition) is 6. The number of aromatic nitrogens is 3. The summed E-state index contributed by atoms with van der Waals surface area (Å²) in [7, 11) is 0. The molecule has 0 aliphatic carbocycles. The summed E-state index contributed by atoms with van der Waals surface area (Å²) in [5.41, 5.74) is 1.12. The van der Waals surface area contributed by atoms with Gasteiger partial charge < -0.3 is 10.2 Å². The molecule has 1 aliphatic heterocycles. The summed E-state index contributed by atoms with van der Waals surface area (Å²) < 4.78 is 0.952. The molecule has 0 unspecified atom stereocenters. The Morgan fingerprint density at radius 2 is 2.38 bits per heavy atom. The Kier molecular flexibility index (Phi) is 6.03. The number of rotatable bonds is 5. The van der Waals surface area contributed by atoms with E-state index in [0.29, 0.717) is 6.54 Å². The van der Waals surface area contributed by atoms with Crippen molar-refractivity contribution in [1.29, 1.82) is 0 Å². The van der Waals surface area contributed by atoms with E-state index in [4.69, 9.17) is 0 Å². The number of thioether (sulfide) groups is 1. The molecule has 6 nitrogen and oxygen atoms in total. The van der Waals surface area contributed by atoms with Crippen LogP contribution in [0.2, 0.25) is 0 Å². The molecule has 1 fully saturated rings. The molecule has 0 aromatic carbocycles. The largest absolute Gasteiger partial charge is 0.337 e. The van der Waals surface area contributed by atoms with Gasteiger partial charge in [0, 0.05) is 31.2 Å². The summed E-state index contributed by atoms with van der Waals surface area (Å²) >= 11 is 3.21. The van der Waals surface area contributed by atoms with Gasteiger partial charge in [0.15, 0.2) is 4.34 Å². The fourth-order valence-corrected chi connectivity index (χ4v) is 4.57. The molecule has 0 radical (unpaired) electrons. The van der Waals surface area contributed by atoms with Gasteiger partial charge in [-0.25, -0.2) is 4.79 Å². The van der Waals surface area contributed by atoms with Crippen molar-refractivity contribution in [2.45, 2.75) is 36.6 Å². The van der Waals surface area contributed by atoms with E-state index in [1.165, 1.54) is 0 Å². The predicted octanol–water partition coefficient (Wildman–Crippen LogP) is 3.27. The average molecular weight is 364 g/mol. The highest BCUT2D eigenvalue weighted by atomic mass is 32.2. The maximum atomic E-state index is 12.6. The van der Waals surface area contributed by atoms with E-state index in [9.17, 15) is 4.79 Å². The van der Waals surface area contributed by atoms with Gasteiger partial charge in [-0.2, -0.15) is 0 Å². The Labute approximate surface area is 150 Å². The topological polar surface area (TPSA) is 71.0 Å². The lowest BCUT2D eigenvalue weighted by molar-refractivity contribution is 0.152. The molecule has 3 rings (SSSR count). The molecule has 1 N–H and O–H groups in total. The summed E-state index contributed by atoms with van der Waals surface area (Å²) in [6, 6.07) is 4.13. The Bertz CT molecular complexity index is 663. The lowest BCUT2D eigenvalue weighted by Crippen LogP contribution is -2.45. The number of nitrogens with one attached hydrogen (secondary N) is 1. The lowest BCUT2D eigenvalue weighted by atomic mass is 9.97. The first-order chi connectivity index (χ1) is 11.7. The van der Waals surface area contributed by atoms with Crippen LogP contribution >= 0.6 is 23.1 Å². The second-order valence-electron chi connectivity index (χ2n) is 5.66. The third-order valence-corrected chi connectivity index (χ3v) is 5.92. The molecule has 2 amide bonds. The van der Waals surface area contributed by atoms with E-state index in [2.05, 4.69) is 26.6 Å². The van der Waals surface area contributed by atoms with Crippen molar-refractivity contribution >= 4 is 29.1 Å². The highest BCUT2D eigenvalue weighted by molar-refractivity contribution is 8.01. The highest BCUT2D eigenvalue weighted by Crippen LogP contribution is 2.30. The van der Waals surface area contributed by atoms with Crippen LogP contribution in [0.1, 0.15) is 35.9 Å². The number of likely N-dealkylation sites (tertiary alicyclic amines) is 1. The van der Waals surface area contributed by atoms with Gasteiger partial charge in [-0.3, -0.25) is 4.98 Å². The predicted molar refractivity (Wildman–Crippen MR) is 96.3 cm³/mol. The summed E-state index contributed by atoms with van der Waals surface area (Å²) in [6.07, 6.45) is 6.84.